The molecule has 0 bridgehead atoms. The quantitative estimate of drug-likeness (QED) is 0.736. The van der Waals surface area contributed by atoms with Gasteiger partial charge in [0.1, 0.15) is 5.82 Å². The van der Waals surface area contributed by atoms with E-state index < -0.39 is 0 Å². The number of hydrogen-bond acceptors (Lipinski definition) is 3. The van der Waals surface area contributed by atoms with Gasteiger partial charge in [-0.15, -0.1) is 0 Å². The average molecular weight is 344 g/mol. The molecule has 5 heteroatoms. The fraction of sp³-hybridized carbons (Fsp3) is 0.368. The maximum atomic E-state index is 12.9. The Morgan fingerprint density at radius 2 is 2.08 bits per heavy atom. The molecule has 1 atom stereocenters. The number of hydrogen-bond donors (Lipinski definition) is 0. The Hall–Kier alpha value is -1.88. The summed E-state index contributed by atoms with van der Waals surface area (Å²) >= 11 is 1.71. The number of benzene rings is 1. The summed E-state index contributed by atoms with van der Waals surface area (Å²) in [6.07, 6.45) is 4.35. The molecule has 1 saturated heterocycles. The molecule has 0 N–H and O–H groups in total. The molecule has 2 heterocycles. The summed E-state index contributed by atoms with van der Waals surface area (Å²) < 4.78 is 12.9. The molecule has 0 unspecified atom stereocenters. The van der Waals surface area contributed by atoms with Gasteiger partial charge in [0.25, 0.3) is 0 Å². The van der Waals surface area contributed by atoms with Gasteiger partial charge in [-0.05, 0) is 42.7 Å². The van der Waals surface area contributed by atoms with E-state index in [2.05, 4.69) is 4.98 Å². The van der Waals surface area contributed by atoms with Gasteiger partial charge in [-0.1, -0.05) is 18.2 Å². The third kappa shape index (κ3) is 4.35. The molecule has 1 amide bonds. The van der Waals surface area contributed by atoms with Crippen LogP contribution in [0.2, 0.25) is 0 Å². The molecule has 0 aliphatic carbocycles. The lowest BCUT2D eigenvalue weighted by Gasteiger charge is -2.24. The Morgan fingerprint density at radius 1 is 1.25 bits per heavy atom. The summed E-state index contributed by atoms with van der Waals surface area (Å²) in [6.45, 7) is 0.822. The van der Waals surface area contributed by atoms with Crippen molar-refractivity contribution in [3.8, 4) is 0 Å². The highest BCUT2D eigenvalue weighted by molar-refractivity contribution is 7.98. The van der Waals surface area contributed by atoms with Crippen LogP contribution in [0.5, 0.6) is 0 Å². The first-order valence-corrected chi connectivity index (χ1v) is 9.42. The van der Waals surface area contributed by atoms with Crippen LogP contribution in [0.15, 0.2) is 48.7 Å². The van der Waals surface area contributed by atoms with E-state index in [0.29, 0.717) is 6.42 Å². The summed E-state index contributed by atoms with van der Waals surface area (Å²) in [6, 6.07) is 12.5. The van der Waals surface area contributed by atoms with Gasteiger partial charge < -0.3 is 4.90 Å². The van der Waals surface area contributed by atoms with E-state index in [9.17, 15) is 9.18 Å². The minimum Gasteiger partial charge on any atom is -0.334 e. The molecular weight excluding hydrogens is 323 g/mol. The predicted molar refractivity (Wildman–Crippen MR) is 95.1 cm³/mol. The second-order valence-electron chi connectivity index (χ2n) is 5.93. The topological polar surface area (TPSA) is 33.2 Å². The maximum Gasteiger partial charge on any atom is 0.223 e. The van der Waals surface area contributed by atoms with Gasteiger partial charge in [-0.3, -0.25) is 9.78 Å². The zero-order chi connectivity index (χ0) is 16.8. The minimum absolute atomic E-state index is 0.126. The third-order valence-corrected chi connectivity index (χ3v) is 5.27. The smallest absolute Gasteiger partial charge is 0.223 e. The lowest BCUT2D eigenvalue weighted by Crippen LogP contribution is -2.31. The van der Waals surface area contributed by atoms with Crippen LogP contribution in [-0.2, 0) is 10.5 Å². The van der Waals surface area contributed by atoms with Crippen molar-refractivity contribution in [2.24, 2.45) is 0 Å². The van der Waals surface area contributed by atoms with E-state index in [1.54, 1.807) is 30.1 Å². The number of nitrogens with zero attached hydrogens (tertiary/aromatic N) is 2. The summed E-state index contributed by atoms with van der Waals surface area (Å²) in [7, 11) is 0. The lowest BCUT2D eigenvalue weighted by atomic mass is 10.1. The number of aromatic nitrogens is 1. The molecule has 3 rings (SSSR count). The standard InChI is InChI=1S/C19H21FN2OS/c20-16-8-6-15(7-9-16)14-24-13-10-19(23)22-12-3-5-18(22)17-4-1-2-11-21-17/h1-2,4,6-9,11,18H,3,5,10,12-14H2/t18-/m1/s1. The molecule has 1 aromatic carbocycles. The summed E-state index contributed by atoms with van der Waals surface area (Å²) in [5.41, 5.74) is 2.07. The molecule has 1 fully saturated rings. The van der Waals surface area contributed by atoms with Crippen molar-refractivity contribution in [1.29, 1.82) is 0 Å². The van der Waals surface area contributed by atoms with E-state index in [1.807, 2.05) is 23.1 Å². The van der Waals surface area contributed by atoms with Crippen molar-refractivity contribution in [3.05, 3.63) is 65.7 Å². The Kier molecular flexibility index (Phi) is 5.86. The van der Waals surface area contributed by atoms with E-state index in [1.165, 1.54) is 12.1 Å². The first-order valence-electron chi connectivity index (χ1n) is 8.26. The normalized spacial score (nSPS) is 17.2. The summed E-state index contributed by atoms with van der Waals surface area (Å²) in [4.78, 5) is 18.9. The molecule has 1 aromatic heterocycles. The monoisotopic (exact) mass is 344 g/mol. The highest BCUT2D eigenvalue weighted by Gasteiger charge is 2.30. The van der Waals surface area contributed by atoms with Gasteiger partial charge in [-0.25, -0.2) is 4.39 Å². The van der Waals surface area contributed by atoms with Crippen molar-refractivity contribution >= 4 is 17.7 Å². The number of halogens is 1. The molecule has 1 aliphatic heterocycles. The molecule has 126 valence electrons. The zero-order valence-electron chi connectivity index (χ0n) is 13.5. The van der Waals surface area contributed by atoms with E-state index in [4.69, 9.17) is 0 Å². The predicted octanol–water partition coefficient (Wildman–Crippen LogP) is 4.21. The second-order valence-corrected chi connectivity index (χ2v) is 7.03. The van der Waals surface area contributed by atoms with Gasteiger partial charge in [0.2, 0.25) is 5.91 Å². The molecule has 2 aromatic rings. The first-order chi connectivity index (χ1) is 11.7. The summed E-state index contributed by atoms with van der Waals surface area (Å²) in [5.74, 6) is 1.57. The third-order valence-electron chi connectivity index (χ3n) is 4.24. The Morgan fingerprint density at radius 3 is 2.83 bits per heavy atom. The fourth-order valence-electron chi connectivity index (χ4n) is 3.02. The van der Waals surface area contributed by atoms with Crippen molar-refractivity contribution < 1.29 is 9.18 Å². The minimum atomic E-state index is -0.214. The average Bonchev–Trinajstić information content (AvgIpc) is 3.11. The van der Waals surface area contributed by atoms with E-state index >= 15 is 0 Å². The molecule has 0 saturated carbocycles. The van der Waals surface area contributed by atoms with Crippen molar-refractivity contribution in [2.45, 2.75) is 31.1 Å². The number of carbonyl (C=O) groups is 1. The van der Waals surface area contributed by atoms with Crippen molar-refractivity contribution in [2.75, 3.05) is 12.3 Å². The molecule has 3 nitrogen and oxygen atoms in total. The molecule has 0 radical (unpaired) electrons. The van der Waals surface area contributed by atoms with E-state index in [-0.39, 0.29) is 17.8 Å². The van der Waals surface area contributed by atoms with Gasteiger partial charge in [-0.2, -0.15) is 11.8 Å². The highest BCUT2D eigenvalue weighted by Crippen LogP contribution is 2.31. The maximum absolute atomic E-state index is 12.9. The largest absolute Gasteiger partial charge is 0.334 e. The van der Waals surface area contributed by atoms with Crippen LogP contribution < -0.4 is 0 Å². The van der Waals surface area contributed by atoms with Crippen molar-refractivity contribution in [3.63, 3.8) is 0 Å². The molecule has 0 spiro atoms. The number of pyridine rings is 1. The number of rotatable bonds is 6. The SMILES string of the molecule is O=C(CCSCc1ccc(F)cc1)N1CCC[C@@H]1c1ccccn1. The van der Waals surface area contributed by atoms with E-state index in [0.717, 1.165) is 42.1 Å². The van der Waals surface area contributed by atoms with Crippen LogP contribution in [0.1, 0.15) is 36.6 Å². The first kappa shape index (κ1) is 17.0. The van der Waals surface area contributed by atoms with Gasteiger partial charge >= 0.3 is 0 Å². The van der Waals surface area contributed by atoms with Gasteiger partial charge in [0, 0.05) is 30.7 Å². The number of amides is 1. The van der Waals surface area contributed by atoms with Gasteiger partial charge in [0.15, 0.2) is 0 Å². The Balaban J connectivity index is 1.47. The highest BCUT2D eigenvalue weighted by atomic mass is 32.2. The Labute approximate surface area is 146 Å². The second kappa shape index (κ2) is 8.29. The Bertz CT molecular complexity index is 663. The zero-order valence-corrected chi connectivity index (χ0v) is 14.3. The lowest BCUT2D eigenvalue weighted by molar-refractivity contribution is -0.131. The van der Waals surface area contributed by atoms with Crippen LogP contribution in [0.4, 0.5) is 4.39 Å². The van der Waals surface area contributed by atoms with Crippen LogP contribution in [0.3, 0.4) is 0 Å². The molecule has 1 aliphatic rings. The number of likely N-dealkylation sites (tertiary alicyclic amines) is 1. The van der Waals surface area contributed by atoms with Crippen molar-refractivity contribution in [1.82, 2.24) is 9.88 Å². The van der Waals surface area contributed by atoms with Crippen LogP contribution in [-0.4, -0.2) is 28.1 Å². The number of thioether (sulfide) groups is 1. The van der Waals surface area contributed by atoms with Crippen LogP contribution in [0, 0.1) is 5.82 Å². The molecular formula is C19H21FN2OS. The van der Waals surface area contributed by atoms with Gasteiger partial charge in [0.05, 0.1) is 11.7 Å². The molecule has 24 heavy (non-hydrogen) atoms. The fourth-order valence-corrected chi connectivity index (χ4v) is 3.91. The summed E-state index contributed by atoms with van der Waals surface area (Å²) in [5, 5.41) is 0. The van der Waals surface area contributed by atoms with Crippen LogP contribution >= 0.6 is 11.8 Å². The van der Waals surface area contributed by atoms with Crippen LogP contribution in [0.25, 0.3) is 0 Å². The number of carbonyl (C=O) groups excluding carboxylic acids is 1.